The summed E-state index contributed by atoms with van der Waals surface area (Å²) in [5.41, 5.74) is 0.919. The molecule has 0 aliphatic carbocycles. The smallest absolute Gasteiger partial charge is 0.181 e. The molecule has 0 bridgehead atoms. The van der Waals surface area contributed by atoms with Gasteiger partial charge in [-0.05, 0) is 6.92 Å². The van der Waals surface area contributed by atoms with Crippen molar-refractivity contribution in [3.05, 3.63) is 52.3 Å². The van der Waals surface area contributed by atoms with Crippen molar-refractivity contribution in [2.45, 2.75) is 13.5 Å². The van der Waals surface area contributed by atoms with Crippen molar-refractivity contribution in [2.24, 2.45) is 0 Å². The molecule has 17 heavy (non-hydrogen) atoms. The van der Waals surface area contributed by atoms with Crippen LogP contribution in [-0.2, 0) is 6.54 Å². The number of aryl methyl sites for hydroxylation is 1. The standard InChI is InChI=1S/C12H14N4O/c1-9-7-11(13-2)15-12(14-9)8-16-5-3-10(17)4-6-16/h3-7H,8H2,1-2H3,(H,13,14,15). The van der Waals surface area contributed by atoms with Gasteiger partial charge >= 0.3 is 0 Å². The monoisotopic (exact) mass is 230 g/mol. The van der Waals surface area contributed by atoms with Gasteiger partial charge in [0.25, 0.3) is 0 Å². The van der Waals surface area contributed by atoms with Crippen LogP contribution in [0.15, 0.2) is 35.4 Å². The molecule has 1 N–H and O–H groups in total. The quantitative estimate of drug-likeness (QED) is 0.855. The first kappa shape index (κ1) is 11.3. The first-order valence-corrected chi connectivity index (χ1v) is 5.36. The maximum absolute atomic E-state index is 11.0. The number of anilines is 1. The van der Waals surface area contributed by atoms with Gasteiger partial charge in [0.15, 0.2) is 11.3 Å². The van der Waals surface area contributed by atoms with Crippen LogP contribution in [0, 0.1) is 6.92 Å². The third-order valence-electron chi connectivity index (χ3n) is 2.34. The fourth-order valence-electron chi connectivity index (χ4n) is 1.54. The molecule has 0 aliphatic heterocycles. The highest BCUT2D eigenvalue weighted by atomic mass is 16.1. The molecule has 88 valence electrons. The molecule has 5 nitrogen and oxygen atoms in total. The Labute approximate surface area is 99.2 Å². The van der Waals surface area contributed by atoms with Crippen LogP contribution < -0.4 is 10.7 Å². The molecule has 0 spiro atoms. The minimum absolute atomic E-state index is 0.00215. The van der Waals surface area contributed by atoms with Gasteiger partial charge in [0.1, 0.15) is 5.82 Å². The Morgan fingerprint density at radius 3 is 2.65 bits per heavy atom. The van der Waals surface area contributed by atoms with Crippen LogP contribution in [0.25, 0.3) is 0 Å². The van der Waals surface area contributed by atoms with Gasteiger partial charge < -0.3 is 9.88 Å². The summed E-state index contributed by atoms with van der Waals surface area (Å²) in [6, 6.07) is 4.93. The highest BCUT2D eigenvalue weighted by Crippen LogP contribution is 2.06. The van der Waals surface area contributed by atoms with E-state index in [9.17, 15) is 4.79 Å². The molecule has 0 atom stereocenters. The zero-order valence-corrected chi connectivity index (χ0v) is 9.84. The Morgan fingerprint density at radius 1 is 1.29 bits per heavy atom. The lowest BCUT2D eigenvalue weighted by Crippen LogP contribution is -2.09. The summed E-state index contributed by atoms with van der Waals surface area (Å²) >= 11 is 0. The second-order valence-corrected chi connectivity index (χ2v) is 3.77. The van der Waals surface area contributed by atoms with Crippen molar-refractivity contribution in [3.8, 4) is 0 Å². The SMILES string of the molecule is CNc1cc(C)nc(Cn2ccc(=O)cc2)n1. The Morgan fingerprint density at radius 2 is 2.00 bits per heavy atom. The first-order valence-electron chi connectivity index (χ1n) is 5.36. The normalized spacial score (nSPS) is 10.2. The van der Waals surface area contributed by atoms with Crippen molar-refractivity contribution in [1.29, 1.82) is 0 Å². The van der Waals surface area contributed by atoms with Crippen LogP contribution in [0.1, 0.15) is 11.5 Å². The van der Waals surface area contributed by atoms with Gasteiger partial charge in [0.2, 0.25) is 0 Å². The van der Waals surface area contributed by atoms with Crippen molar-refractivity contribution in [2.75, 3.05) is 12.4 Å². The minimum atomic E-state index is 0.00215. The first-order chi connectivity index (χ1) is 8.17. The van der Waals surface area contributed by atoms with Crippen molar-refractivity contribution < 1.29 is 0 Å². The molecule has 2 rings (SSSR count). The van der Waals surface area contributed by atoms with E-state index in [2.05, 4.69) is 15.3 Å². The lowest BCUT2D eigenvalue weighted by molar-refractivity contribution is 0.733. The molecule has 2 aromatic rings. The van der Waals surface area contributed by atoms with E-state index < -0.39 is 0 Å². The summed E-state index contributed by atoms with van der Waals surface area (Å²) in [4.78, 5) is 19.7. The Balaban J connectivity index is 2.26. The maximum atomic E-state index is 11.0. The number of nitrogens with zero attached hydrogens (tertiary/aromatic N) is 3. The molecular formula is C12H14N4O. The molecule has 0 aliphatic rings. The zero-order chi connectivity index (χ0) is 12.3. The predicted molar refractivity (Wildman–Crippen MR) is 66.1 cm³/mol. The number of hydrogen-bond acceptors (Lipinski definition) is 4. The number of hydrogen-bond donors (Lipinski definition) is 1. The highest BCUT2D eigenvalue weighted by molar-refractivity contribution is 5.34. The minimum Gasteiger partial charge on any atom is -0.373 e. The van der Waals surface area contributed by atoms with Crippen LogP contribution in [-0.4, -0.2) is 21.6 Å². The molecule has 0 saturated carbocycles. The molecule has 0 fully saturated rings. The van der Waals surface area contributed by atoms with Gasteiger partial charge in [0, 0.05) is 43.3 Å². The van der Waals surface area contributed by atoms with Crippen LogP contribution in [0.3, 0.4) is 0 Å². The van der Waals surface area contributed by atoms with Crippen LogP contribution in [0.2, 0.25) is 0 Å². The number of pyridine rings is 1. The molecule has 0 aromatic carbocycles. The van der Waals surface area contributed by atoms with E-state index in [1.807, 2.05) is 24.6 Å². The summed E-state index contributed by atoms with van der Waals surface area (Å²) in [6.45, 7) is 2.48. The second kappa shape index (κ2) is 4.78. The topological polar surface area (TPSA) is 59.8 Å². The lowest BCUT2D eigenvalue weighted by Gasteiger charge is -2.07. The highest BCUT2D eigenvalue weighted by Gasteiger charge is 2.01. The fraction of sp³-hybridized carbons (Fsp3) is 0.250. The van der Waals surface area contributed by atoms with E-state index in [4.69, 9.17) is 0 Å². The van der Waals surface area contributed by atoms with Crippen molar-refractivity contribution >= 4 is 5.82 Å². The van der Waals surface area contributed by atoms with Gasteiger partial charge in [-0.25, -0.2) is 9.97 Å². The van der Waals surface area contributed by atoms with Crippen LogP contribution >= 0.6 is 0 Å². The molecule has 0 amide bonds. The Hall–Kier alpha value is -2.17. The number of aromatic nitrogens is 3. The molecule has 2 aromatic heterocycles. The third kappa shape index (κ3) is 2.90. The van der Waals surface area contributed by atoms with E-state index in [0.29, 0.717) is 6.54 Å². The molecule has 5 heteroatoms. The van der Waals surface area contributed by atoms with Crippen LogP contribution in [0.4, 0.5) is 5.82 Å². The lowest BCUT2D eigenvalue weighted by atomic mass is 10.4. The largest absolute Gasteiger partial charge is 0.373 e. The molecule has 0 saturated heterocycles. The number of rotatable bonds is 3. The Bertz CT molecular complexity index is 556. The van der Waals surface area contributed by atoms with Gasteiger partial charge in [0.05, 0.1) is 6.54 Å². The average molecular weight is 230 g/mol. The summed E-state index contributed by atoms with van der Waals surface area (Å²) in [5, 5.41) is 2.99. The summed E-state index contributed by atoms with van der Waals surface area (Å²) < 4.78 is 1.87. The van der Waals surface area contributed by atoms with Gasteiger partial charge in [-0.1, -0.05) is 0 Å². The third-order valence-corrected chi connectivity index (χ3v) is 2.34. The maximum Gasteiger partial charge on any atom is 0.181 e. The van der Waals surface area contributed by atoms with Gasteiger partial charge in [-0.2, -0.15) is 0 Å². The predicted octanol–water partition coefficient (Wildman–Crippen LogP) is 1.04. The van der Waals surface area contributed by atoms with E-state index in [1.54, 1.807) is 12.4 Å². The second-order valence-electron chi connectivity index (χ2n) is 3.77. The molecule has 0 radical (unpaired) electrons. The molecular weight excluding hydrogens is 216 g/mol. The summed E-state index contributed by atoms with van der Waals surface area (Å²) in [6.07, 6.45) is 3.46. The zero-order valence-electron chi connectivity index (χ0n) is 9.84. The van der Waals surface area contributed by atoms with E-state index >= 15 is 0 Å². The Kier molecular flexibility index (Phi) is 3.18. The fourth-order valence-corrected chi connectivity index (χ4v) is 1.54. The average Bonchev–Trinajstić information content (AvgIpc) is 2.31. The number of nitrogens with one attached hydrogen (secondary N) is 1. The van der Waals surface area contributed by atoms with E-state index in [0.717, 1.165) is 17.3 Å². The van der Waals surface area contributed by atoms with Gasteiger partial charge in [-0.3, -0.25) is 4.79 Å². The van der Waals surface area contributed by atoms with Crippen molar-refractivity contribution in [1.82, 2.24) is 14.5 Å². The summed E-state index contributed by atoms with van der Waals surface area (Å²) in [5.74, 6) is 1.52. The van der Waals surface area contributed by atoms with E-state index in [-0.39, 0.29) is 5.43 Å². The van der Waals surface area contributed by atoms with Crippen molar-refractivity contribution in [3.63, 3.8) is 0 Å². The molecule has 2 heterocycles. The van der Waals surface area contributed by atoms with Crippen LogP contribution in [0.5, 0.6) is 0 Å². The molecule has 0 unspecified atom stereocenters. The van der Waals surface area contributed by atoms with E-state index in [1.165, 1.54) is 12.1 Å². The van der Waals surface area contributed by atoms with Gasteiger partial charge in [-0.15, -0.1) is 0 Å². The summed E-state index contributed by atoms with van der Waals surface area (Å²) in [7, 11) is 1.82.